The smallest absolute Gasteiger partial charge is 0.222 e. The molecular weight excluding hydrogens is 338 g/mol. The highest BCUT2D eigenvalue weighted by atomic mass is 16.1. The number of nitrogens with one attached hydrogen (secondary N) is 1. The number of aromatic nitrogens is 4. The number of carbonyl (C=O) groups excluding carboxylic acids is 1. The summed E-state index contributed by atoms with van der Waals surface area (Å²) in [6.07, 6.45) is 3.52. The van der Waals surface area contributed by atoms with Gasteiger partial charge in [0, 0.05) is 12.0 Å². The molecule has 4 rings (SSSR count). The quantitative estimate of drug-likeness (QED) is 0.757. The van der Waals surface area contributed by atoms with Crippen molar-refractivity contribution in [1.82, 2.24) is 25.5 Å². The minimum Gasteiger partial charge on any atom is -0.349 e. The highest BCUT2D eigenvalue weighted by Gasteiger charge is 2.21. The van der Waals surface area contributed by atoms with Crippen molar-refractivity contribution in [2.24, 2.45) is 0 Å². The predicted octanol–water partition coefficient (Wildman–Crippen LogP) is 3.23. The predicted molar refractivity (Wildman–Crippen MR) is 103 cm³/mol. The Labute approximate surface area is 158 Å². The SMILES string of the molecule is Cc1ccc(-c2nnn(CCC(=O)N[C@H]3CCCc4ccccc43)n2)cc1. The monoisotopic (exact) mass is 361 g/mol. The van der Waals surface area contributed by atoms with Crippen molar-refractivity contribution in [3.63, 3.8) is 0 Å². The maximum absolute atomic E-state index is 12.4. The van der Waals surface area contributed by atoms with E-state index in [0.717, 1.165) is 24.8 Å². The summed E-state index contributed by atoms with van der Waals surface area (Å²) in [6.45, 7) is 2.45. The Morgan fingerprint density at radius 1 is 1.19 bits per heavy atom. The lowest BCUT2D eigenvalue weighted by Gasteiger charge is -2.26. The maximum atomic E-state index is 12.4. The number of hydrogen-bond donors (Lipinski definition) is 1. The van der Waals surface area contributed by atoms with Gasteiger partial charge in [-0.15, -0.1) is 10.2 Å². The van der Waals surface area contributed by atoms with Crippen molar-refractivity contribution in [1.29, 1.82) is 0 Å². The van der Waals surface area contributed by atoms with Gasteiger partial charge in [-0.05, 0) is 42.5 Å². The van der Waals surface area contributed by atoms with E-state index in [1.807, 2.05) is 37.3 Å². The first-order valence-corrected chi connectivity index (χ1v) is 9.41. The van der Waals surface area contributed by atoms with Crippen LogP contribution in [0, 0.1) is 6.92 Å². The van der Waals surface area contributed by atoms with Gasteiger partial charge in [0.05, 0.1) is 12.6 Å². The first-order valence-electron chi connectivity index (χ1n) is 9.41. The molecule has 0 saturated heterocycles. The van der Waals surface area contributed by atoms with Crippen molar-refractivity contribution in [2.75, 3.05) is 0 Å². The van der Waals surface area contributed by atoms with Crippen LogP contribution in [-0.2, 0) is 17.8 Å². The summed E-state index contributed by atoms with van der Waals surface area (Å²) in [7, 11) is 0. The van der Waals surface area contributed by atoms with Crippen LogP contribution in [0.15, 0.2) is 48.5 Å². The van der Waals surface area contributed by atoms with Crippen molar-refractivity contribution in [3.05, 3.63) is 65.2 Å². The van der Waals surface area contributed by atoms with Crippen molar-refractivity contribution in [2.45, 2.75) is 45.2 Å². The summed E-state index contributed by atoms with van der Waals surface area (Å²) in [6, 6.07) is 16.5. The van der Waals surface area contributed by atoms with Crippen LogP contribution in [0.1, 0.15) is 42.0 Å². The van der Waals surface area contributed by atoms with Gasteiger partial charge in [0.2, 0.25) is 11.7 Å². The van der Waals surface area contributed by atoms with Crippen LogP contribution in [-0.4, -0.2) is 26.1 Å². The second kappa shape index (κ2) is 7.70. The van der Waals surface area contributed by atoms with E-state index in [1.54, 1.807) is 0 Å². The molecule has 1 amide bonds. The Morgan fingerprint density at radius 3 is 2.85 bits per heavy atom. The standard InChI is InChI=1S/C21H23N5O/c1-15-9-11-17(12-10-15)21-23-25-26(24-21)14-13-20(27)22-19-8-4-6-16-5-2-3-7-18(16)19/h2-3,5,7,9-12,19H,4,6,8,13-14H2,1H3,(H,22,27)/t19-/m0/s1. The molecule has 1 heterocycles. The molecule has 1 atom stereocenters. The number of rotatable bonds is 5. The molecule has 1 aliphatic carbocycles. The van der Waals surface area contributed by atoms with E-state index in [4.69, 9.17) is 0 Å². The van der Waals surface area contributed by atoms with Gasteiger partial charge in [0.1, 0.15) is 0 Å². The molecule has 138 valence electrons. The topological polar surface area (TPSA) is 72.7 Å². The van der Waals surface area contributed by atoms with E-state index in [-0.39, 0.29) is 11.9 Å². The normalized spacial score (nSPS) is 16.0. The fourth-order valence-electron chi connectivity index (χ4n) is 3.53. The molecule has 1 aliphatic rings. The number of hydrogen-bond acceptors (Lipinski definition) is 4. The molecule has 6 nitrogen and oxygen atoms in total. The molecule has 1 aromatic heterocycles. The minimum absolute atomic E-state index is 0.0193. The second-order valence-electron chi connectivity index (χ2n) is 7.04. The number of carbonyl (C=O) groups is 1. The number of amides is 1. The average molecular weight is 361 g/mol. The molecule has 0 spiro atoms. The van der Waals surface area contributed by atoms with Crippen LogP contribution in [0.5, 0.6) is 0 Å². The Bertz CT molecular complexity index is 932. The van der Waals surface area contributed by atoms with E-state index in [9.17, 15) is 4.79 Å². The van der Waals surface area contributed by atoms with Gasteiger partial charge < -0.3 is 5.32 Å². The Balaban J connectivity index is 1.34. The highest BCUT2D eigenvalue weighted by molar-refractivity contribution is 5.76. The molecule has 0 fully saturated rings. The summed E-state index contributed by atoms with van der Waals surface area (Å²) in [5.74, 6) is 0.600. The largest absolute Gasteiger partial charge is 0.349 e. The molecular formula is C21H23N5O. The van der Waals surface area contributed by atoms with Gasteiger partial charge in [-0.25, -0.2) is 0 Å². The Kier molecular flexibility index (Phi) is 4.96. The van der Waals surface area contributed by atoms with E-state index in [2.05, 4.69) is 38.9 Å². The van der Waals surface area contributed by atoms with Crippen molar-refractivity contribution >= 4 is 5.91 Å². The summed E-state index contributed by atoms with van der Waals surface area (Å²) in [5.41, 5.74) is 4.70. The number of benzene rings is 2. The zero-order chi connectivity index (χ0) is 18.6. The van der Waals surface area contributed by atoms with E-state index < -0.39 is 0 Å². The van der Waals surface area contributed by atoms with Gasteiger partial charge in [-0.2, -0.15) is 4.80 Å². The summed E-state index contributed by atoms with van der Waals surface area (Å²) >= 11 is 0. The van der Waals surface area contributed by atoms with Crippen LogP contribution in [0.25, 0.3) is 11.4 Å². The molecule has 1 N–H and O–H groups in total. The van der Waals surface area contributed by atoms with Gasteiger partial charge in [0.25, 0.3) is 0 Å². The zero-order valence-electron chi connectivity index (χ0n) is 15.4. The Morgan fingerprint density at radius 2 is 2.00 bits per heavy atom. The maximum Gasteiger partial charge on any atom is 0.222 e. The number of nitrogens with zero attached hydrogens (tertiary/aromatic N) is 4. The lowest BCUT2D eigenvalue weighted by atomic mass is 9.88. The van der Waals surface area contributed by atoms with Gasteiger partial charge in [0.15, 0.2) is 0 Å². The lowest BCUT2D eigenvalue weighted by Crippen LogP contribution is -2.31. The van der Waals surface area contributed by atoms with Gasteiger partial charge in [-0.1, -0.05) is 54.1 Å². The van der Waals surface area contributed by atoms with E-state index in [0.29, 0.717) is 18.8 Å². The third kappa shape index (κ3) is 4.05. The summed E-state index contributed by atoms with van der Waals surface area (Å²) in [4.78, 5) is 13.9. The third-order valence-electron chi connectivity index (χ3n) is 5.01. The molecule has 0 aliphatic heterocycles. The van der Waals surface area contributed by atoms with E-state index in [1.165, 1.54) is 21.5 Å². The molecule has 27 heavy (non-hydrogen) atoms. The molecule has 6 heteroatoms. The van der Waals surface area contributed by atoms with Crippen molar-refractivity contribution < 1.29 is 4.79 Å². The molecule has 0 saturated carbocycles. The zero-order valence-corrected chi connectivity index (χ0v) is 15.4. The van der Waals surface area contributed by atoms with Crippen LogP contribution >= 0.6 is 0 Å². The fraction of sp³-hybridized carbons (Fsp3) is 0.333. The molecule has 0 unspecified atom stereocenters. The molecule has 3 aromatic rings. The van der Waals surface area contributed by atoms with E-state index >= 15 is 0 Å². The molecule has 2 aromatic carbocycles. The highest BCUT2D eigenvalue weighted by Crippen LogP contribution is 2.29. The molecule has 0 bridgehead atoms. The number of aryl methyl sites for hydroxylation is 3. The fourth-order valence-corrected chi connectivity index (χ4v) is 3.53. The van der Waals surface area contributed by atoms with Crippen LogP contribution < -0.4 is 5.32 Å². The summed E-state index contributed by atoms with van der Waals surface area (Å²) in [5, 5.41) is 15.7. The summed E-state index contributed by atoms with van der Waals surface area (Å²) < 4.78 is 0. The average Bonchev–Trinajstić information content (AvgIpc) is 3.16. The first kappa shape index (κ1) is 17.4. The number of fused-ring (bicyclic) bond motifs is 1. The number of tetrazole rings is 1. The minimum atomic E-state index is 0.0193. The Hall–Kier alpha value is -3.02. The lowest BCUT2D eigenvalue weighted by molar-refractivity contribution is -0.122. The third-order valence-corrected chi connectivity index (χ3v) is 5.01. The van der Waals surface area contributed by atoms with Crippen LogP contribution in [0.4, 0.5) is 0 Å². The first-order chi connectivity index (χ1) is 13.2. The second-order valence-corrected chi connectivity index (χ2v) is 7.04. The van der Waals surface area contributed by atoms with Gasteiger partial charge >= 0.3 is 0 Å². The molecule has 0 radical (unpaired) electrons. The van der Waals surface area contributed by atoms with Crippen LogP contribution in [0.2, 0.25) is 0 Å². The van der Waals surface area contributed by atoms with Crippen molar-refractivity contribution in [3.8, 4) is 11.4 Å². The van der Waals surface area contributed by atoms with Gasteiger partial charge in [-0.3, -0.25) is 4.79 Å². The van der Waals surface area contributed by atoms with Crippen LogP contribution in [0.3, 0.4) is 0 Å².